The summed E-state index contributed by atoms with van der Waals surface area (Å²) in [5.74, 6) is 1.30. The standard InChI is InChI=1S/C21H15Cl3N4O/c22-16-9-10-19(29-13-14-5-2-1-3-6-14)15(11-16)12-20-25-26-27-28(20)18-8-4-7-17(23)21(18)24/h1-11H,12-13H2. The second kappa shape index (κ2) is 8.82. The molecule has 4 aromatic rings. The number of halogens is 3. The zero-order chi connectivity index (χ0) is 20.2. The van der Waals surface area contributed by atoms with Crippen LogP contribution in [0.5, 0.6) is 5.75 Å². The van der Waals surface area contributed by atoms with Crippen LogP contribution in [0.4, 0.5) is 0 Å². The Kier molecular flexibility index (Phi) is 6.00. The molecule has 5 nitrogen and oxygen atoms in total. The average molecular weight is 446 g/mol. The lowest BCUT2D eigenvalue weighted by atomic mass is 10.1. The molecule has 8 heteroatoms. The van der Waals surface area contributed by atoms with Gasteiger partial charge in [0.25, 0.3) is 0 Å². The molecule has 0 spiro atoms. The van der Waals surface area contributed by atoms with Crippen molar-refractivity contribution in [3.8, 4) is 11.4 Å². The molecule has 0 bridgehead atoms. The van der Waals surface area contributed by atoms with Gasteiger partial charge in [0, 0.05) is 17.0 Å². The fourth-order valence-electron chi connectivity index (χ4n) is 2.89. The Bertz CT molecular complexity index is 1130. The highest BCUT2D eigenvalue weighted by atomic mass is 35.5. The van der Waals surface area contributed by atoms with Crippen molar-refractivity contribution in [3.63, 3.8) is 0 Å². The van der Waals surface area contributed by atoms with Gasteiger partial charge in [-0.2, -0.15) is 4.68 Å². The molecule has 0 saturated heterocycles. The predicted octanol–water partition coefficient (Wildman–Crippen LogP) is 5.79. The highest BCUT2D eigenvalue weighted by Gasteiger charge is 2.16. The van der Waals surface area contributed by atoms with E-state index in [9.17, 15) is 0 Å². The third-order valence-corrected chi connectivity index (χ3v) is 5.35. The normalized spacial score (nSPS) is 10.9. The summed E-state index contributed by atoms with van der Waals surface area (Å²) in [6, 6.07) is 20.7. The van der Waals surface area contributed by atoms with Crippen LogP contribution >= 0.6 is 34.8 Å². The second-order valence-corrected chi connectivity index (χ2v) is 7.50. The van der Waals surface area contributed by atoms with Crippen molar-refractivity contribution < 1.29 is 4.74 Å². The molecule has 0 radical (unpaired) electrons. The summed E-state index contributed by atoms with van der Waals surface area (Å²) in [6.45, 7) is 0.445. The Hall–Kier alpha value is -2.60. The van der Waals surface area contributed by atoms with Gasteiger partial charge in [0.1, 0.15) is 12.4 Å². The molecule has 0 N–H and O–H groups in total. The van der Waals surface area contributed by atoms with Crippen LogP contribution in [0.3, 0.4) is 0 Å². The van der Waals surface area contributed by atoms with Crippen LogP contribution in [-0.4, -0.2) is 20.2 Å². The van der Waals surface area contributed by atoms with E-state index in [2.05, 4.69) is 15.5 Å². The number of benzene rings is 3. The van der Waals surface area contributed by atoms with E-state index >= 15 is 0 Å². The van der Waals surface area contributed by atoms with Gasteiger partial charge in [0.15, 0.2) is 5.82 Å². The molecule has 0 unspecified atom stereocenters. The lowest BCUT2D eigenvalue weighted by molar-refractivity contribution is 0.303. The van der Waals surface area contributed by atoms with Crippen LogP contribution in [0, 0.1) is 0 Å². The van der Waals surface area contributed by atoms with E-state index in [1.807, 2.05) is 42.5 Å². The molecule has 3 aromatic carbocycles. The summed E-state index contributed by atoms with van der Waals surface area (Å²) in [6.07, 6.45) is 0.403. The molecule has 0 amide bonds. The maximum atomic E-state index is 6.34. The van der Waals surface area contributed by atoms with E-state index in [4.69, 9.17) is 39.5 Å². The lowest BCUT2D eigenvalue weighted by Gasteiger charge is -2.13. The Balaban J connectivity index is 1.63. The Morgan fingerprint density at radius 3 is 2.55 bits per heavy atom. The van der Waals surface area contributed by atoms with Crippen molar-refractivity contribution in [2.45, 2.75) is 13.0 Å². The molecule has 0 aliphatic carbocycles. The number of ether oxygens (including phenoxy) is 1. The molecular weight excluding hydrogens is 431 g/mol. The lowest BCUT2D eigenvalue weighted by Crippen LogP contribution is -2.06. The number of aromatic nitrogens is 4. The molecule has 0 atom stereocenters. The Morgan fingerprint density at radius 1 is 0.897 bits per heavy atom. The minimum Gasteiger partial charge on any atom is -0.489 e. The highest BCUT2D eigenvalue weighted by Crippen LogP contribution is 2.30. The number of rotatable bonds is 6. The van der Waals surface area contributed by atoms with Gasteiger partial charge in [-0.3, -0.25) is 0 Å². The Labute approximate surface area is 182 Å². The van der Waals surface area contributed by atoms with Gasteiger partial charge in [-0.15, -0.1) is 5.10 Å². The summed E-state index contributed by atoms with van der Waals surface area (Å²) in [7, 11) is 0. The van der Waals surface area contributed by atoms with Gasteiger partial charge in [-0.05, 0) is 46.3 Å². The van der Waals surface area contributed by atoms with Crippen LogP contribution in [0.15, 0.2) is 66.7 Å². The first-order valence-corrected chi connectivity index (χ1v) is 9.92. The summed E-state index contributed by atoms with van der Waals surface area (Å²) in [5, 5.41) is 13.4. The summed E-state index contributed by atoms with van der Waals surface area (Å²) >= 11 is 18.7. The molecule has 0 aliphatic rings. The van der Waals surface area contributed by atoms with Crippen LogP contribution in [0.25, 0.3) is 5.69 Å². The first kappa shape index (κ1) is 19.7. The molecule has 0 aliphatic heterocycles. The van der Waals surface area contributed by atoms with Crippen LogP contribution < -0.4 is 4.74 Å². The molecule has 0 saturated carbocycles. The van der Waals surface area contributed by atoms with E-state index in [0.717, 1.165) is 11.1 Å². The van der Waals surface area contributed by atoms with E-state index in [-0.39, 0.29) is 0 Å². The predicted molar refractivity (Wildman–Crippen MR) is 114 cm³/mol. The first-order valence-electron chi connectivity index (χ1n) is 8.78. The third-order valence-electron chi connectivity index (χ3n) is 4.30. The molecular formula is C21H15Cl3N4O. The number of hydrogen-bond donors (Lipinski definition) is 0. The minimum atomic E-state index is 0.384. The molecule has 4 rings (SSSR count). The zero-order valence-electron chi connectivity index (χ0n) is 15.1. The molecule has 1 aromatic heterocycles. The van der Waals surface area contributed by atoms with Gasteiger partial charge in [-0.25, -0.2) is 0 Å². The van der Waals surface area contributed by atoms with Crippen molar-refractivity contribution in [2.75, 3.05) is 0 Å². The van der Waals surface area contributed by atoms with Crippen molar-refractivity contribution in [1.82, 2.24) is 20.2 Å². The second-order valence-electron chi connectivity index (χ2n) is 6.28. The van der Waals surface area contributed by atoms with Crippen LogP contribution in [-0.2, 0) is 13.0 Å². The molecule has 0 fully saturated rings. The third kappa shape index (κ3) is 4.53. The largest absolute Gasteiger partial charge is 0.489 e. The van der Waals surface area contributed by atoms with Gasteiger partial charge in [-0.1, -0.05) is 71.2 Å². The van der Waals surface area contributed by atoms with Crippen molar-refractivity contribution in [1.29, 1.82) is 0 Å². The fourth-order valence-corrected chi connectivity index (χ4v) is 3.46. The smallest absolute Gasteiger partial charge is 0.161 e. The van der Waals surface area contributed by atoms with Crippen molar-refractivity contribution >= 4 is 34.8 Å². The fraction of sp³-hybridized carbons (Fsp3) is 0.0952. The quantitative estimate of drug-likeness (QED) is 0.377. The maximum Gasteiger partial charge on any atom is 0.161 e. The summed E-state index contributed by atoms with van der Waals surface area (Å²) < 4.78 is 7.60. The Morgan fingerprint density at radius 2 is 1.72 bits per heavy atom. The summed E-state index contributed by atoms with van der Waals surface area (Å²) in [4.78, 5) is 0. The van der Waals surface area contributed by atoms with Crippen molar-refractivity contribution in [3.05, 3.63) is 98.7 Å². The van der Waals surface area contributed by atoms with Crippen LogP contribution in [0.2, 0.25) is 15.1 Å². The average Bonchev–Trinajstić information content (AvgIpc) is 3.18. The number of tetrazole rings is 1. The maximum absolute atomic E-state index is 6.34. The minimum absolute atomic E-state index is 0.384. The number of hydrogen-bond acceptors (Lipinski definition) is 4. The molecule has 1 heterocycles. The van der Waals surface area contributed by atoms with E-state index < -0.39 is 0 Å². The van der Waals surface area contributed by atoms with Crippen molar-refractivity contribution in [2.24, 2.45) is 0 Å². The van der Waals surface area contributed by atoms with E-state index in [1.54, 1.807) is 28.9 Å². The molecule has 29 heavy (non-hydrogen) atoms. The first-order chi connectivity index (χ1) is 14.1. The van der Waals surface area contributed by atoms with E-state index in [1.165, 1.54) is 0 Å². The monoisotopic (exact) mass is 444 g/mol. The summed E-state index contributed by atoms with van der Waals surface area (Å²) in [5.41, 5.74) is 2.54. The van der Waals surface area contributed by atoms with Gasteiger partial charge >= 0.3 is 0 Å². The SMILES string of the molecule is Clc1ccc(OCc2ccccc2)c(Cc2nnnn2-c2cccc(Cl)c2Cl)c1. The topological polar surface area (TPSA) is 52.8 Å². The highest BCUT2D eigenvalue weighted by molar-refractivity contribution is 6.43. The van der Waals surface area contributed by atoms with Gasteiger partial charge in [0.05, 0.1) is 15.7 Å². The van der Waals surface area contributed by atoms with Gasteiger partial charge in [0.2, 0.25) is 0 Å². The van der Waals surface area contributed by atoms with E-state index in [0.29, 0.717) is 45.4 Å². The zero-order valence-corrected chi connectivity index (χ0v) is 17.4. The number of nitrogens with zero attached hydrogens (tertiary/aromatic N) is 4. The van der Waals surface area contributed by atoms with Crippen LogP contribution in [0.1, 0.15) is 17.0 Å². The molecule has 146 valence electrons. The van der Waals surface area contributed by atoms with Gasteiger partial charge < -0.3 is 4.74 Å².